The third-order valence-corrected chi connectivity index (χ3v) is 1.49. The molecule has 0 atom stereocenters. The lowest BCUT2D eigenvalue weighted by molar-refractivity contribution is 0.0995. The number of aliphatic hydroxyl groups is 1. The van der Waals surface area contributed by atoms with Gasteiger partial charge in [0.05, 0.1) is 6.61 Å². The number of nitrogens with two attached hydrogens (primary N) is 1. The first-order chi connectivity index (χ1) is 6.74. The van der Waals surface area contributed by atoms with Crippen molar-refractivity contribution in [1.29, 1.82) is 0 Å². The highest BCUT2D eigenvalue weighted by molar-refractivity contribution is 5.90. The summed E-state index contributed by atoms with van der Waals surface area (Å²) in [4.78, 5) is 14.5. The first kappa shape index (κ1) is 10.2. The average Bonchev–Trinajstić information content (AvgIpc) is 2.19. The topological polar surface area (TPSA) is 76.2 Å². The fourth-order valence-electron chi connectivity index (χ4n) is 0.834. The van der Waals surface area contributed by atoms with Gasteiger partial charge in [-0.05, 0) is 12.1 Å². The Hall–Kier alpha value is -1.86. The van der Waals surface area contributed by atoms with Crippen molar-refractivity contribution in [2.45, 2.75) is 6.42 Å². The summed E-state index contributed by atoms with van der Waals surface area (Å²) in [6.45, 7) is 0.0415. The Morgan fingerprint density at radius 2 is 2.36 bits per heavy atom. The van der Waals surface area contributed by atoms with Crippen molar-refractivity contribution >= 4 is 5.91 Å². The third kappa shape index (κ3) is 2.88. The Labute approximate surface area is 81.8 Å². The summed E-state index contributed by atoms with van der Waals surface area (Å²) in [6, 6.07) is 3.18. The molecule has 0 aromatic carbocycles. The number of rotatable bonds is 2. The molecule has 0 aliphatic rings. The summed E-state index contributed by atoms with van der Waals surface area (Å²) < 4.78 is 0. The first-order valence-electron chi connectivity index (χ1n) is 4.09. The van der Waals surface area contributed by atoms with E-state index in [0.717, 1.165) is 0 Å². The highest BCUT2D eigenvalue weighted by Crippen LogP contribution is 1.97. The summed E-state index contributed by atoms with van der Waals surface area (Å²) in [6.07, 6.45) is 1.90. The van der Waals surface area contributed by atoms with Crippen molar-refractivity contribution in [3.05, 3.63) is 29.6 Å². The highest BCUT2D eigenvalue weighted by Gasteiger charge is 1.99. The maximum absolute atomic E-state index is 10.7. The zero-order valence-corrected chi connectivity index (χ0v) is 7.53. The monoisotopic (exact) mass is 190 g/mol. The maximum Gasteiger partial charge on any atom is 0.267 e. The lowest BCUT2D eigenvalue weighted by Gasteiger charge is -1.93. The second kappa shape index (κ2) is 5.00. The molecule has 14 heavy (non-hydrogen) atoms. The number of carbonyl (C=O) groups excluding carboxylic acids is 1. The van der Waals surface area contributed by atoms with E-state index in [4.69, 9.17) is 10.8 Å². The molecule has 0 unspecified atom stereocenters. The minimum absolute atomic E-state index is 0.0415. The third-order valence-electron chi connectivity index (χ3n) is 1.49. The summed E-state index contributed by atoms with van der Waals surface area (Å²) in [7, 11) is 0. The zero-order valence-electron chi connectivity index (χ0n) is 7.53. The molecule has 1 rings (SSSR count). The van der Waals surface area contributed by atoms with E-state index in [1.165, 1.54) is 12.3 Å². The molecule has 0 aliphatic carbocycles. The predicted molar refractivity (Wildman–Crippen MR) is 51.3 cm³/mol. The van der Waals surface area contributed by atoms with Gasteiger partial charge in [0, 0.05) is 18.2 Å². The number of pyridine rings is 1. The molecule has 1 heterocycles. The second-order valence-electron chi connectivity index (χ2n) is 2.57. The smallest absolute Gasteiger partial charge is 0.267 e. The molecule has 1 amide bonds. The normalized spacial score (nSPS) is 8.93. The van der Waals surface area contributed by atoms with Crippen LogP contribution in [0, 0.1) is 11.8 Å². The van der Waals surface area contributed by atoms with E-state index in [1.807, 2.05) is 0 Å². The Morgan fingerprint density at radius 1 is 1.57 bits per heavy atom. The van der Waals surface area contributed by atoms with Crippen molar-refractivity contribution in [2.24, 2.45) is 5.73 Å². The number of primary amides is 1. The number of nitrogens with zero attached hydrogens (tertiary/aromatic N) is 1. The Morgan fingerprint density at radius 3 is 2.86 bits per heavy atom. The second-order valence-corrected chi connectivity index (χ2v) is 2.57. The standard InChI is InChI=1S/C10H10N2O2/c11-10(14)9-5-4-8(7-12-9)3-1-2-6-13/h4-5,7,13H,2,6H2,(H2,11,14). The van der Waals surface area contributed by atoms with Crippen LogP contribution >= 0.6 is 0 Å². The molecule has 0 spiro atoms. The van der Waals surface area contributed by atoms with Crippen LogP contribution in [0.5, 0.6) is 0 Å². The Balaban J connectivity index is 2.75. The number of hydrogen-bond donors (Lipinski definition) is 2. The lowest BCUT2D eigenvalue weighted by Crippen LogP contribution is -2.12. The summed E-state index contributed by atoms with van der Waals surface area (Å²) >= 11 is 0. The van der Waals surface area contributed by atoms with E-state index in [-0.39, 0.29) is 12.3 Å². The van der Waals surface area contributed by atoms with Gasteiger partial charge in [-0.3, -0.25) is 4.79 Å². The van der Waals surface area contributed by atoms with Crippen molar-refractivity contribution in [3.8, 4) is 11.8 Å². The number of aliphatic hydroxyl groups excluding tert-OH is 1. The van der Waals surface area contributed by atoms with Crippen LogP contribution in [0.1, 0.15) is 22.5 Å². The minimum atomic E-state index is -0.556. The number of hydrogen-bond acceptors (Lipinski definition) is 3. The number of carbonyl (C=O) groups is 1. The SMILES string of the molecule is NC(=O)c1ccc(C#CCCO)cn1. The van der Waals surface area contributed by atoms with E-state index < -0.39 is 5.91 Å². The Bertz CT molecular complexity index is 373. The molecule has 0 aliphatic heterocycles. The predicted octanol–water partition coefficient (Wildman–Crippen LogP) is -0.0856. The molecular formula is C10H10N2O2. The average molecular weight is 190 g/mol. The molecule has 1 aromatic rings. The van der Waals surface area contributed by atoms with E-state index in [1.54, 1.807) is 6.07 Å². The Kier molecular flexibility index (Phi) is 3.65. The van der Waals surface area contributed by atoms with Crippen LogP contribution in [-0.2, 0) is 0 Å². The van der Waals surface area contributed by atoms with Crippen LogP contribution in [0.2, 0.25) is 0 Å². The molecule has 0 radical (unpaired) electrons. The van der Waals surface area contributed by atoms with Crippen LogP contribution in [0.15, 0.2) is 18.3 Å². The zero-order chi connectivity index (χ0) is 10.4. The van der Waals surface area contributed by atoms with Gasteiger partial charge in [-0.1, -0.05) is 11.8 Å². The molecule has 0 saturated carbocycles. The van der Waals surface area contributed by atoms with Crippen LogP contribution in [-0.4, -0.2) is 22.6 Å². The summed E-state index contributed by atoms with van der Waals surface area (Å²) in [5, 5.41) is 8.48. The van der Waals surface area contributed by atoms with Crippen LogP contribution in [0.4, 0.5) is 0 Å². The van der Waals surface area contributed by atoms with E-state index >= 15 is 0 Å². The van der Waals surface area contributed by atoms with Crippen LogP contribution < -0.4 is 5.73 Å². The summed E-state index contributed by atoms with van der Waals surface area (Å²) in [5.74, 6) is 4.98. The molecule has 0 fully saturated rings. The van der Waals surface area contributed by atoms with E-state index in [2.05, 4.69) is 16.8 Å². The largest absolute Gasteiger partial charge is 0.395 e. The molecule has 72 valence electrons. The molecule has 1 aromatic heterocycles. The van der Waals surface area contributed by atoms with Gasteiger partial charge in [0.2, 0.25) is 0 Å². The van der Waals surface area contributed by atoms with Gasteiger partial charge in [0.15, 0.2) is 0 Å². The van der Waals surface area contributed by atoms with Crippen molar-refractivity contribution in [2.75, 3.05) is 6.61 Å². The molecule has 3 N–H and O–H groups in total. The van der Waals surface area contributed by atoms with Crippen LogP contribution in [0.3, 0.4) is 0 Å². The van der Waals surface area contributed by atoms with Gasteiger partial charge in [0.1, 0.15) is 5.69 Å². The van der Waals surface area contributed by atoms with E-state index in [0.29, 0.717) is 12.0 Å². The number of aromatic nitrogens is 1. The molecule has 4 nitrogen and oxygen atoms in total. The molecular weight excluding hydrogens is 180 g/mol. The van der Waals surface area contributed by atoms with Gasteiger partial charge in [-0.2, -0.15) is 0 Å². The van der Waals surface area contributed by atoms with E-state index in [9.17, 15) is 4.79 Å². The number of amides is 1. The van der Waals surface area contributed by atoms with Crippen molar-refractivity contribution in [3.63, 3.8) is 0 Å². The van der Waals surface area contributed by atoms with Gasteiger partial charge >= 0.3 is 0 Å². The first-order valence-corrected chi connectivity index (χ1v) is 4.09. The van der Waals surface area contributed by atoms with Gasteiger partial charge in [0.25, 0.3) is 5.91 Å². The van der Waals surface area contributed by atoms with Crippen LogP contribution in [0.25, 0.3) is 0 Å². The van der Waals surface area contributed by atoms with Crippen molar-refractivity contribution < 1.29 is 9.90 Å². The molecule has 0 bridgehead atoms. The summed E-state index contributed by atoms with van der Waals surface area (Å²) in [5.41, 5.74) is 5.93. The van der Waals surface area contributed by atoms with Crippen molar-refractivity contribution in [1.82, 2.24) is 4.98 Å². The fourth-order valence-corrected chi connectivity index (χ4v) is 0.834. The van der Waals surface area contributed by atoms with Gasteiger partial charge < -0.3 is 10.8 Å². The fraction of sp³-hybridized carbons (Fsp3) is 0.200. The molecule has 4 heteroatoms. The quantitative estimate of drug-likeness (QED) is 0.640. The minimum Gasteiger partial charge on any atom is -0.395 e. The van der Waals surface area contributed by atoms with Gasteiger partial charge in [-0.15, -0.1) is 0 Å². The molecule has 0 saturated heterocycles. The lowest BCUT2D eigenvalue weighted by atomic mass is 10.2. The highest BCUT2D eigenvalue weighted by atomic mass is 16.2. The van der Waals surface area contributed by atoms with Gasteiger partial charge in [-0.25, -0.2) is 4.98 Å². The maximum atomic E-state index is 10.7.